The molecule has 0 aromatic rings. The van der Waals surface area contributed by atoms with Crippen molar-refractivity contribution in [2.24, 2.45) is 22.2 Å². The number of nitrogens with two attached hydrogens (primary N) is 1. The number of carbonyl (C=O) groups excluding carboxylic acids is 1. The summed E-state index contributed by atoms with van der Waals surface area (Å²) in [6.45, 7) is 7.63. The number of rotatable bonds is 6. The first kappa shape index (κ1) is 16.8. The molecule has 1 rings (SSSR count). The second kappa shape index (κ2) is 7.50. The summed E-state index contributed by atoms with van der Waals surface area (Å²) in [4.78, 5) is 14.7. The van der Waals surface area contributed by atoms with Crippen LogP contribution in [0.1, 0.15) is 59.3 Å². The van der Waals surface area contributed by atoms with E-state index in [4.69, 9.17) is 10.9 Å². The highest BCUT2D eigenvalue weighted by molar-refractivity contribution is 6.06. The highest BCUT2D eigenvalue weighted by Crippen LogP contribution is 2.32. The van der Waals surface area contributed by atoms with E-state index in [-0.39, 0.29) is 11.7 Å². The number of piperidine rings is 1. The van der Waals surface area contributed by atoms with Gasteiger partial charge in [0.2, 0.25) is 5.91 Å². The van der Waals surface area contributed by atoms with E-state index in [0.29, 0.717) is 12.8 Å². The molecule has 20 heavy (non-hydrogen) atoms. The second-order valence-corrected chi connectivity index (χ2v) is 5.80. The first-order valence-corrected chi connectivity index (χ1v) is 7.83. The summed E-state index contributed by atoms with van der Waals surface area (Å²) in [7, 11) is 0. The van der Waals surface area contributed by atoms with Crippen LogP contribution in [0.2, 0.25) is 0 Å². The van der Waals surface area contributed by atoms with Gasteiger partial charge in [-0.05, 0) is 31.6 Å². The van der Waals surface area contributed by atoms with Crippen molar-refractivity contribution in [3.05, 3.63) is 0 Å². The maximum atomic E-state index is 12.8. The van der Waals surface area contributed by atoms with Crippen LogP contribution in [0.5, 0.6) is 0 Å². The molecule has 116 valence electrons. The summed E-state index contributed by atoms with van der Waals surface area (Å²) in [6.07, 6.45) is 5.71. The van der Waals surface area contributed by atoms with Gasteiger partial charge in [0.25, 0.3) is 0 Å². The Morgan fingerprint density at radius 2 is 1.85 bits per heavy atom. The number of hydrogen-bond acceptors (Lipinski definition) is 3. The highest BCUT2D eigenvalue weighted by atomic mass is 16.4. The van der Waals surface area contributed by atoms with E-state index < -0.39 is 5.41 Å². The molecule has 1 saturated heterocycles. The molecule has 0 radical (unpaired) electrons. The topological polar surface area (TPSA) is 78.9 Å². The highest BCUT2D eigenvalue weighted by Gasteiger charge is 2.43. The molecule has 0 atom stereocenters. The largest absolute Gasteiger partial charge is 0.409 e. The van der Waals surface area contributed by atoms with Crippen molar-refractivity contribution in [2.45, 2.75) is 59.3 Å². The van der Waals surface area contributed by atoms with Crippen molar-refractivity contribution in [1.29, 1.82) is 0 Å². The molecule has 0 aliphatic carbocycles. The Labute approximate surface area is 122 Å². The van der Waals surface area contributed by atoms with Gasteiger partial charge in [-0.3, -0.25) is 4.79 Å². The minimum absolute atomic E-state index is 0.0211. The first-order chi connectivity index (χ1) is 9.55. The van der Waals surface area contributed by atoms with Gasteiger partial charge in [-0.2, -0.15) is 0 Å². The van der Waals surface area contributed by atoms with Crippen molar-refractivity contribution < 1.29 is 10.0 Å². The van der Waals surface area contributed by atoms with Gasteiger partial charge in [0.15, 0.2) is 5.84 Å². The number of nitrogens with zero attached hydrogens (tertiary/aromatic N) is 2. The Morgan fingerprint density at radius 1 is 1.30 bits per heavy atom. The molecular formula is C15H29N3O2. The number of oxime groups is 1. The van der Waals surface area contributed by atoms with Crippen LogP contribution >= 0.6 is 0 Å². The third-order valence-electron chi connectivity index (χ3n) is 4.81. The van der Waals surface area contributed by atoms with E-state index in [0.717, 1.165) is 31.8 Å². The van der Waals surface area contributed by atoms with Crippen LogP contribution in [0.4, 0.5) is 0 Å². The zero-order valence-electron chi connectivity index (χ0n) is 13.1. The van der Waals surface area contributed by atoms with Gasteiger partial charge in [-0.25, -0.2) is 0 Å². The summed E-state index contributed by atoms with van der Waals surface area (Å²) in [6, 6.07) is 0. The molecular weight excluding hydrogens is 254 g/mol. The predicted octanol–water partition coefficient (Wildman–Crippen LogP) is 2.58. The average molecular weight is 283 g/mol. The SMILES string of the molecule is CCCC1CCN(C(=O)C(CC)(CC)C(N)=NO)CC1. The second-order valence-electron chi connectivity index (χ2n) is 5.80. The normalized spacial score (nSPS) is 18.4. The van der Waals surface area contributed by atoms with Crippen LogP contribution in [0.15, 0.2) is 5.16 Å². The third-order valence-corrected chi connectivity index (χ3v) is 4.81. The first-order valence-electron chi connectivity index (χ1n) is 7.83. The fourth-order valence-electron chi connectivity index (χ4n) is 3.26. The lowest BCUT2D eigenvalue weighted by Crippen LogP contribution is -2.52. The van der Waals surface area contributed by atoms with Gasteiger partial charge in [0.1, 0.15) is 5.41 Å². The van der Waals surface area contributed by atoms with Crippen LogP contribution in [-0.2, 0) is 4.79 Å². The standard InChI is InChI=1S/C15H29N3O2/c1-4-7-12-8-10-18(11-9-12)14(19)15(5-2,6-3)13(16)17-20/h12,20H,4-11H2,1-3H3,(H2,16,17). The Bertz CT molecular complexity index is 343. The van der Waals surface area contributed by atoms with Gasteiger partial charge in [-0.15, -0.1) is 0 Å². The van der Waals surface area contributed by atoms with Gasteiger partial charge in [0, 0.05) is 13.1 Å². The summed E-state index contributed by atoms with van der Waals surface area (Å²) < 4.78 is 0. The number of likely N-dealkylation sites (tertiary alicyclic amines) is 1. The molecule has 1 fully saturated rings. The Morgan fingerprint density at radius 3 is 2.25 bits per heavy atom. The molecule has 1 aliphatic rings. The molecule has 0 aromatic carbocycles. The van der Waals surface area contributed by atoms with Crippen molar-refractivity contribution in [1.82, 2.24) is 4.90 Å². The average Bonchev–Trinajstić information content (AvgIpc) is 2.49. The smallest absolute Gasteiger partial charge is 0.236 e. The lowest BCUT2D eigenvalue weighted by atomic mass is 9.78. The van der Waals surface area contributed by atoms with Crippen LogP contribution in [-0.4, -0.2) is 34.9 Å². The molecule has 0 saturated carbocycles. The lowest BCUT2D eigenvalue weighted by Gasteiger charge is -2.38. The van der Waals surface area contributed by atoms with E-state index >= 15 is 0 Å². The maximum absolute atomic E-state index is 12.8. The van der Waals surface area contributed by atoms with Gasteiger partial charge < -0.3 is 15.8 Å². The molecule has 5 nitrogen and oxygen atoms in total. The summed E-state index contributed by atoms with van der Waals surface area (Å²) in [5, 5.41) is 12.1. The number of hydrogen-bond donors (Lipinski definition) is 2. The van der Waals surface area contributed by atoms with Crippen molar-refractivity contribution in [3.63, 3.8) is 0 Å². The van der Waals surface area contributed by atoms with Crippen molar-refractivity contribution in [3.8, 4) is 0 Å². The van der Waals surface area contributed by atoms with Gasteiger partial charge in [0.05, 0.1) is 0 Å². The maximum Gasteiger partial charge on any atom is 0.236 e. The number of carbonyl (C=O) groups is 1. The molecule has 0 aromatic heterocycles. The van der Waals surface area contributed by atoms with E-state index in [9.17, 15) is 4.79 Å². The van der Waals surface area contributed by atoms with E-state index in [1.807, 2.05) is 18.7 Å². The molecule has 1 amide bonds. The fraction of sp³-hybridized carbons (Fsp3) is 0.867. The van der Waals surface area contributed by atoms with Crippen LogP contribution < -0.4 is 5.73 Å². The van der Waals surface area contributed by atoms with Crippen LogP contribution in [0.3, 0.4) is 0 Å². The lowest BCUT2D eigenvalue weighted by molar-refractivity contribution is -0.140. The quantitative estimate of drug-likeness (QED) is 0.340. The molecule has 1 aliphatic heterocycles. The fourth-order valence-corrected chi connectivity index (χ4v) is 3.26. The van der Waals surface area contributed by atoms with E-state index in [1.54, 1.807) is 0 Å². The molecule has 0 bridgehead atoms. The Kier molecular flexibility index (Phi) is 6.30. The van der Waals surface area contributed by atoms with Gasteiger partial charge >= 0.3 is 0 Å². The Hall–Kier alpha value is -1.26. The summed E-state index contributed by atoms with van der Waals surface area (Å²) in [5.74, 6) is 0.807. The summed E-state index contributed by atoms with van der Waals surface area (Å²) in [5.41, 5.74) is 4.97. The zero-order valence-corrected chi connectivity index (χ0v) is 13.1. The molecule has 0 spiro atoms. The van der Waals surface area contributed by atoms with Crippen molar-refractivity contribution in [2.75, 3.05) is 13.1 Å². The number of amides is 1. The zero-order chi connectivity index (χ0) is 15.2. The predicted molar refractivity (Wildman–Crippen MR) is 80.6 cm³/mol. The van der Waals surface area contributed by atoms with Crippen LogP contribution in [0, 0.1) is 11.3 Å². The minimum Gasteiger partial charge on any atom is -0.409 e. The van der Waals surface area contributed by atoms with Crippen molar-refractivity contribution >= 4 is 11.7 Å². The molecule has 5 heteroatoms. The van der Waals surface area contributed by atoms with E-state index in [2.05, 4.69) is 12.1 Å². The monoisotopic (exact) mass is 283 g/mol. The molecule has 0 unspecified atom stereocenters. The Balaban J connectivity index is 2.78. The third kappa shape index (κ3) is 3.25. The van der Waals surface area contributed by atoms with Crippen LogP contribution in [0.25, 0.3) is 0 Å². The van der Waals surface area contributed by atoms with E-state index in [1.165, 1.54) is 12.8 Å². The number of amidine groups is 1. The minimum atomic E-state index is -0.841. The van der Waals surface area contributed by atoms with Gasteiger partial charge in [-0.1, -0.05) is 38.8 Å². The molecule has 1 heterocycles. The summed E-state index contributed by atoms with van der Waals surface area (Å²) >= 11 is 0. The molecule has 3 N–H and O–H groups in total.